The molecule has 17 heavy (non-hydrogen) atoms. The van der Waals surface area contributed by atoms with E-state index in [-0.39, 0.29) is 18.2 Å². The van der Waals surface area contributed by atoms with Crippen molar-refractivity contribution in [3.05, 3.63) is 28.2 Å². The Bertz CT molecular complexity index is 395. The van der Waals surface area contributed by atoms with Crippen LogP contribution in [0.1, 0.15) is 37.8 Å². The number of aliphatic hydroxyl groups is 1. The molecule has 0 bridgehead atoms. The molecule has 0 aromatic heterocycles. The fourth-order valence-corrected chi connectivity index (χ4v) is 2.57. The summed E-state index contributed by atoms with van der Waals surface area (Å²) in [6, 6.07) is 5.73. The van der Waals surface area contributed by atoms with Crippen LogP contribution in [0.15, 0.2) is 22.7 Å². The van der Waals surface area contributed by atoms with Crippen LogP contribution in [-0.2, 0) is 0 Å². The molecule has 1 aliphatic rings. The lowest BCUT2D eigenvalue weighted by molar-refractivity contribution is 0.0596. The number of hydrogen-bond acceptors (Lipinski definition) is 3. The van der Waals surface area contributed by atoms with Crippen LogP contribution >= 0.6 is 15.9 Å². The van der Waals surface area contributed by atoms with Crippen molar-refractivity contribution in [1.29, 1.82) is 0 Å². The molecule has 1 saturated carbocycles. The van der Waals surface area contributed by atoms with Crippen molar-refractivity contribution in [2.75, 3.05) is 0 Å². The lowest BCUT2D eigenvalue weighted by Crippen LogP contribution is -2.26. The highest BCUT2D eigenvalue weighted by Crippen LogP contribution is 2.31. The van der Waals surface area contributed by atoms with Gasteiger partial charge in [-0.05, 0) is 44.4 Å². The van der Waals surface area contributed by atoms with E-state index in [1.807, 2.05) is 25.1 Å². The summed E-state index contributed by atoms with van der Waals surface area (Å²) in [7, 11) is 0. The van der Waals surface area contributed by atoms with E-state index in [4.69, 9.17) is 10.5 Å². The smallest absolute Gasteiger partial charge is 0.124 e. The van der Waals surface area contributed by atoms with E-state index in [1.165, 1.54) is 0 Å². The highest BCUT2D eigenvalue weighted by Gasteiger charge is 2.27. The summed E-state index contributed by atoms with van der Waals surface area (Å²) in [4.78, 5) is 0. The van der Waals surface area contributed by atoms with Gasteiger partial charge in [-0.1, -0.05) is 15.9 Å². The van der Waals surface area contributed by atoms with Gasteiger partial charge in [-0.2, -0.15) is 0 Å². The van der Waals surface area contributed by atoms with Crippen molar-refractivity contribution in [2.24, 2.45) is 5.73 Å². The summed E-state index contributed by atoms with van der Waals surface area (Å²) in [5, 5.41) is 9.77. The number of nitrogens with two attached hydrogens (primary N) is 1. The van der Waals surface area contributed by atoms with Crippen LogP contribution < -0.4 is 10.5 Å². The first-order valence-electron chi connectivity index (χ1n) is 5.97. The van der Waals surface area contributed by atoms with E-state index in [2.05, 4.69) is 15.9 Å². The van der Waals surface area contributed by atoms with Crippen molar-refractivity contribution >= 4 is 15.9 Å². The molecule has 0 heterocycles. The maximum absolute atomic E-state index is 9.77. The van der Waals surface area contributed by atoms with Gasteiger partial charge in [0, 0.05) is 16.1 Å². The number of ether oxygens (including phenoxy) is 1. The average Bonchev–Trinajstić information content (AvgIpc) is 2.67. The molecule has 1 aromatic carbocycles. The molecule has 0 radical (unpaired) electrons. The zero-order valence-corrected chi connectivity index (χ0v) is 11.5. The number of benzene rings is 1. The minimum Gasteiger partial charge on any atom is -0.487 e. The van der Waals surface area contributed by atoms with E-state index < -0.39 is 0 Å². The molecule has 0 spiro atoms. The van der Waals surface area contributed by atoms with Crippen molar-refractivity contribution in [3.8, 4) is 5.75 Å². The van der Waals surface area contributed by atoms with Gasteiger partial charge in [-0.25, -0.2) is 0 Å². The van der Waals surface area contributed by atoms with Crippen LogP contribution in [0, 0.1) is 0 Å². The summed E-state index contributed by atoms with van der Waals surface area (Å²) in [6.07, 6.45) is 2.33. The first-order chi connectivity index (χ1) is 8.08. The second-order valence-corrected chi connectivity index (χ2v) is 5.54. The van der Waals surface area contributed by atoms with Gasteiger partial charge in [0.05, 0.1) is 6.10 Å². The van der Waals surface area contributed by atoms with E-state index in [0.717, 1.165) is 35.0 Å². The van der Waals surface area contributed by atoms with Gasteiger partial charge in [0.25, 0.3) is 0 Å². The molecule has 2 rings (SSSR count). The Labute approximate surface area is 110 Å². The molecule has 3 N–H and O–H groups in total. The Morgan fingerprint density at radius 2 is 2.24 bits per heavy atom. The van der Waals surface area contributed by atoms with Crippen LogP contribution in [0.25, 0.3) is 0 Å². The van der Waals surface area contributed by atoms with Crippen LogP contribution in [-0.4, -0.2) is 17.3 Å². The maximum atomic E-state index is 9.77. The predicted molar refractivity (Wildman–Crippen MR) is 71.0 cm³/mol. The third kappa shape index (κ3) is 3.00. The van der Waals surface area contributed by atoms with Crippen LogP contribution in [0.2, 0.25) is 0 Å². The summed E-state index contributed by atoms with van der Waals surface area (Å²) >= 11 is 3.43. The molecule has 0 saturated heterocycles. The average molecular weight is 300 g/mol. The molecular weight excluding hydrogens is 282 g/mol. The minimum absolute atomic E-state index is 0.0824. The highest BCUT2D eigenvalue weighted by molar-refractivity contribution is 9.10. The molecule has 0 aliphatic heterocycles. The third-order valence-electron chi connectivity index (χ3n) is 3.16. The zero-order valence-electron chi connectivity index (χ0n) is 9.90. The third-order valence-corrected chi connectivity index (χ3v) is 3.65. The van der Waals surface area contributed by atoms with E-state index in [9.17, 15) is 5.11 Å². The summed E-state index contributed by atoms with van der Waals surface area (Å²) in [5.74, 6) is 0.786. The van der Waals surface area contributed by atoms with Crippen molar-refractivity contribution in [2.45, 2.75) is 44.4 Å². The Hall–Kier alpha value is -0.580. The lowest BCUT2D eigenvalue weighted by atomic mass is 10.1. The normalized spacial score (nSPS) is 25.9. The van der Waals surface area contributed by atoms with E-state index >= 15 is 0 Å². The predicted octanol–water partition coefficient (Wildman–Crippen LogP) is 2.76. The van der Waals surface area contributed by atoms with Gasteiger partial charge in [0.1, 0.15) is 11.9 Å². The monoisotopic (exact) mass is 299 g/mol. The minimum atomic E-state index is -0.348. The second-order valence-electron chi connectivity index (χ2n) is 4.63. The van der Waals surface area contributed by atoms with Crippen LogP contribution in [0.5, 0.6) is 5.75 Å². The van der Waals surface area contributed by atoms with Crippen LogP contribution in [0.3, 0.4) is 0 Å². The quantitative estimate of drug-likeness (QED) is 0.902. The Kier molecular flexibility index (Phi) is 4.07. The lowest BCUT2D eigenvalue weighted by Gasteiger charge is -2.21. The molecule has 3 atom stereocenters. The molecule has 94 valence electrons. The van der Waals surface area contributed by atoms with Gasteiger partial charge < -0.3 is 15.6 Å². The first kappa shape index (κ1) is 12.9. The first-order valence-corrected chi connectivity index (χ1v) is 6.77. The topological polar surface area (TPSA) is 55.5 Å². The summed E-state index contributed by atoms with van der Waals surface area (Å²) in [5.41, 5.74) is 6.90. The van der Waals surface area contributed by atoms with Gasteiger partial charge in [0.2, 0.25) is 0 Å². The van der Waals surface area contributed by atoms with Crippen molar-refractivity contribution in [3.63, 3.8) is 0 Å². The van der Waals surface area contributed by atoms with Gasteiger partial charge >= 0.3 is 0 Å². The number of halogens is 1. The Balaban J connectivity index is 2.19. The number of hydrogen-bond donors (Lipinski definition) is 2. The number of aliphatic hydroxyl groups excluding tert-OH is 1. The molecule has 1 fully saturated rings. The summed E-state index contributed by atoms with van der Waals surface area (Å²) < 4.78 is 6.87. The highest BCUT2D eigenvalue weighted by atomic mass is 79.9. The van der Waals surface area contributed by atoms with Crippen molar-refractivity contribution < 1.29 is 9.84 Å². The van der Waals surface area contributed by atoms with Gasteiger partial charge in [-0.3, -0.25) is 0 Å². The zero-order chi connectivity index (χ0) is 12.4. The summed E-state index contributed by atoms with van der Waals surface area (Å²) in [6.45, 7) is 1.93. The van der Waals surface area contributed by atoms with Gasteiger partial charge in [-0.15, -0.1) is 0 Å². The molecule has 0 amide bonds. The second kappa shape index (κ2) is 5.38. The Morgan fingerprint density at radius 3 is 2.82 bits per heavy atom. The molecule has 3 nitrogen and oxygen atoms in total. The SMILES string of the molecule is C[C@@H](N)c1cc(Br)ccc1OC1CCCC1O. The fourth-order valence-electron chi connectivity index (χ4n) is 2.19. The number of rotatable bonds is 3. The Morgan fingerprint density at radius 1 is 1.47 bits per heavy atom. The van der Waals surface area contributed by atoms with Crippen molar-refractivity contribution in [1.82, 2.24) is 0 Å². The molecule has 4 heteroatoms. The van der Waals surface area contributed by atoms with Gasteiger partial charge in [0.15, 0.2) is 0 Å². The van der Waals surface area contributed by atoms with E-state index in [1.54, 1.807) is 0 Å². The standard InChI is InChI=1S/C13H18BrNO2/c1-8(15)10-7-9(14)5-6-12(10)17-13-4-2-3-11(13)16/h5-8,11,13,16H,2-4,15H2,1H3/t8-,11?,13?/m1/s1. The molecule has 1 aliphatic carbocycles. The van der Waals surface area contributed by atoms with E-state index in [0.29, 0.717) is 0 Å². The fraction of sp³-hybridized carbons (Fsp3) is 0.538. The van der Waals surface area contributed by atoms with Crippen LogP contribution in [0.4, 0.5) is 0 Å². The molecule has 2 unspecified atom stereocenters. The molecular formula is C13H18BrNO2. The molecule has 1 aromatic rings. The maximum Gasteiger partial charge on any atom is 0.124 e. The largest absolute Gasteiger partial charge is 0.487 e.